The van der Waals surface area contributed by atoms with E-state index in [0.717, 1.165) is 6.21 Å². The fraction of sp³-hybridized carbons (Fsp3) is 0.818. The first-order valence-electron chi connectivity index (χ1n) is 5.17. The Morgan fingerprint density at radius 2 is 1.80 bits per heavy atom. The number of hydrogen-bond acceptors (Lipinski definition) is 2. The van der Waals surface area contributed by atoms with Gasteiger partial charge in [-0.1, -0.05) is 0 Å². The molecule has 1 heterocycles. The zero-order chi connectivity index (χ0) is 11.7. The normalized spacial score (nSPS) is 24.3. The predicted octanol–water partition coefficient (Wildman–Crippen LogP) is 1.84. The zero-order valence-electron chi connectivity index (χ0n) is 9.78. The number of carbonyl (C=O) groups excluding carboxylic acids is 1. The summed E-state index contributed by atoms with van der Waals surface area (Å²) in [6.07, 6.45) is 2.32. The Labute approximate surface area is 90.2 Å². The van der Waals surface area contributed by atoms with Crippen LogP contribution in [0.1, 0.15) is 40.5 Å². The van der Waals surface area contributed by atoms with Gasteiger partial charge in [-0.3, -0.25) is 4.79 Å². The number of ketones is 1. The highest BCUT2D eigenvalue weighted by molar-refractivity contribution is 6.26. The monoisotopic (exact) mass is 210 g/mol. The molecule has 0 aliphatic carbocycles. The molecule has 1 fully saturated rings. The second-order valence-corrected chi connectivity index (χ2v) is 5.37. The van der Waals surface area contributed by atoms with Gasteiger partial charge in [0.15, 0.2) is 0 Å². The van der Waals surface area contributed by atoms with Crippen LogP contribution in [0, 0.1) is 5.92 Å². The van der Waals surface area contributed by atoms with Crippen LogP contribution in [0.5, 0.6) is 0 Å². The van der Waals surface area contributed by atoms with Gasteiger partial charge in [-0.15, -0.1) is 0 Å². The molecule has 0 unspecified atom stereocenters. The van der Waals surface area contributed by atoms with E-state index in [2.05, 4.69) is 4.79 Å². The molecule has 1 aliphatic rings. The van der Waals surface area contributed by atoms with E-state index in [9.17, 15) is 4.79 Å². The van der Waals surface area contributed by atoms with Crippen LogP contribution in [0.25, 0.3) is 5.53 Å². The molecule has 1 saturated heterocycles. The first-order valence-corrected chi connectivity index (χ1v) is 5.17. The van der Waals surface area contributed by atoms with E-state index in [0.29, 0.717) is 12.8 Å². The van der Waals surface area contributed by atoms with Crippen molar-refractivity contribution in [3.63, 3.8) is 0 Å². The summed E-state index contributed by atoms with van der Waals surface area (Å²) in [6.45, 7) is 7.91. The van der Waals surface area contributed by atoms with Gasteiger partial charge in [0.2, 0.25) is 5.78 Å². The van der Waals surface area contributed by atoms with Crippen LogP contribution in [-0.4, -0.2) is 28.0 Å². The fourth-order valence-corrected chi connectivity index (χ4v) is 2.45. The first kappa shape index (κ1) is 12.1. The second kappa shape index (κ2) is 3.87. The highest BCUT2D eigenvalue weighted by atomic mass is 16.5. The lowest BCUT2D eigenvalue weighted by atomic mass is 9.79. The summed E-state index contributed by atoms with van der Waals surface area (Å²) in [6, 6.07) is 0. The van der Waals surface area contributed by atoms with Crippen LogP contribution in [0.4, 0.5) is 0 Å². The molecular formula is C11H18N2O2. The van der Waals surface area contributed by atoms with Crippen molar-refractivity contribution in [2.24, 2.45) is 5.92 Å². The molecule has 0 bridgehead atoms. The van der Waals surface area contributed by atoms with E-state index in [1.54, 1.807) is 0 Å². The van der Waals surface area contributed by atoms with Crippen molar-refractivity contribution in [3.8, 4) is 0 Å². The van der Waals surface area contributed by atoms with E-state index in [4.69, 9.17) is 10.3 Å². The minimum absolute atomic E-state index is 0.111. The van der Waals surface area contributed by atoms with E-state index in [-0.39, 0.29) is 22.9 Å². The molecule has 0 amide bonds. The van der Waals surface area contributed by atoms with Crippen molar-refractivity contribution >= 4 is 12.0 Å². The molecule has 15 heavy (non-hydrogen) atoms. The summed E-state index contributed by atoms with van der Waals surface area (Å²) in [5.74, 6) is -0.235. The molecule has 0 aromatic heterocycles. The molecule has 4 heteroatoms. The molecular weight excluding hydrogens is 192 g/mol. The van der Waals surface area contributed by atoms with Crippen LogP contribution in [0.15, 0.2) is 0 Å². The van der Waals surface area contributed by atoms with Gasteiger partial charge in [-0.2, -0.15) is 4.79 Å². The van der Waals surface area contributed by atoms with Gasteiger partial charge in [0.1, 0.15) is 0 Å². The Balaban J connectivity index is 2.84. The molecule has 0 aromatic carbocycles. The summed E-state index contributed by atoms with van der Waals surface area (Å²) in [5.41, 5.74) is 7.74. The number of carbonyl (C=O) groups is 1. The molecule has 0 N–H and O–H groups in total. The van der Waals surface area contributed by atoms with Crippen LogP contribution < -0.4 is 0 Å². The molecule has 0 spiro atoms. The van der Waals surface area contributed by atoms with Gasteiger partial charge >= 0.3 is 6.21 Å². The maximum Gasteiger partial charge on any atom is 0.323 e. The molecule has 0 saturated carbocycles. The van der Waals surface area contributed by atoms with Gasteiger partial charge in [0.25, 0.3) is 0 Å². The van der Waals surface area contributed by atoms with Crippen molar-refractivity contribution < 1.29 is 14.3 Å². The molecule has 0 aromatic rings. The fourth-order valence-electron chi connectivity index (χ4n) is 2.45. The van der Waals surface area contributed by atoms with Crippen molar-refractivity contribution in [3.05, 3.63) is 5.53 Å². The summed E-state index contributed by atoms with van der Waals surface area (Å²) >= 11 is 0. The van der Waals surface area contributed by atoms with Gasteiger partial charge in [-0.25, -0.2) is 0 Å². The third kappa shape index (κ3) is 3.26. The van der Waals surface area contributed by atoms with E-state index in [1.807, 2.05) is 27.7 Å². The molecule has 84 valence electrons. The summed E-state index contributed by atoms with van der Waals surface area (Å²) in [4.78, 5) is 14.4. The third-order valence-electron chi connectivity index (χ3n) is 2.62. The maximum atomic E-state index is 11.6. The van der Waals surface area contributed by atoms with Crippen molar-refractivity contribution in [2.45, 2.75) is 51.7 Å². The minimum atomic E-state index is -0.300. The third-order valence-corrected chi connectivity index (χ3v) is 2.62. The van der Waals surface area contributed by atoms with E-state index >= 15 is 0 Å². The van der Waals surface area contributed by atoms with Crippen LogP contribution in [0.3, 0.4) is 0 Å². The highest BCUT2D eigenvalue weighted by Crippen LogP contribution is 2.38. The first-order chi connectivity index (χ1) is 6.76. The average molecular weight is 210 g/mol. The number of hydrogen-bond donors (Lipinski definition) is 0. The molecule has 1 rings (SSSR count). The predicted molar refractivity (Wildman–Crippen MR) is 56.7 cm³/mol. The van der Waals surface area contributed by atoms with Crippen molar-refractivity contribution in [2.75, 3.05) is 0 Å². The number of ether oxygens (including phenoxy) is 1. The number of Topliss-reactive ketones (excluding diaryl/α,β-unsaturated/α-hetero) is 1. The largest absolute Gasteiger partial charge is 0.370 e. The molecule has 4 nitrogen and oxygen atoms in total. The van der Waals surface area contributed by atoms with Gasteiger partial charge < -0.3 is 10.3 Å². The van der Waals surface area contributed by atoms with Gasteiger partial charge in [0, 0.05) is 5.92 Å². The topological polar surface area (TPSA) is 62.7 Å². The Hall–Kier alpha value is -0.990. The standard InChI is InChI=1S/C11H18N2O2/c1-10(2)5-8(9(14)7-13-12)6-11(3,4)15-10/h7-8H,5-6H2,1-4H3. The highest BCUT2D eigenvalue weighted by Gasteiger charge is 2.42. The average Bonchev–Trinajstić information content (AvgIpc) is 1.98. The molecule has 0 radical (unpaired) electrons. The van der Waals surface area contributed by atoms with Gasteiger partial charge in [-0.05, 0) is 40.5 Å². The summed E-state index contributed by atoms with van der Waals surface area (Å²) in [7, 11) is 0. The van der Waals surface area contributed by atoms with Gasteiger partial charge in [0.05, 0.1) is 11.2 Å². The Morgan fingerprint density at radius 3 is 2.20 bits per heavy atom. The second-order valence-electron chi connectivity index (χ2n) is 5.37. The SMILES string of the molecule is CC1(C)CC(C(=O)C=[N+]=[N-])CC(C)(C)O1. The minimum Gasteiger partial charge on any atom is -0.370 e. The Kier molecular flexibility index (Phi) is 3.12. The number of rotatable bonds is 2. The Bertz CT molecular complexity index is 299. The van der Waals surface area contributed by atoms with Crippen LogP contribution >= 0.6 is 0 Å². The van der Waals surface area contributed by atoms with Crippen molar-refractivity contribution in [1.29, 1.82) is 0 Å². The number of nitrogens with zero attached hydrogens (tertiary/aromatic N) is 2. The lowest BCUT2D eigenvalue weighted by molar-refractivity contribution is -0.175. The lowest BCUT2D eigenvalue weighted by Crippen LogP contribution is -2.47. The quantitative estimate of drug-likeness (QED) is 0.396. The lowest BCUT2D eigenvalue weighted by Gasteiger charge is -2.44. The molecule has 0 atom stereocenters. The van der Waals surface area contributed by atoms with Crippen LogP contribution in [-0.2, 0) is 9.53 Å². The molecule has 1 aliphatic heterocycles. The Morgan fingerprint density at radius 1 is 1.33 bits per heavy atom. The van der Waals surface area contributed by atoms with Crippen molar-refractivity contribution in [1.82, 2.24) is 0 Å². The van der Waals surface area contributed by atoms with E-state index < -0.39 is 0 Å². The smallest absolute Gasteiger partial charge is 0.323 e. The maximum absolute atomic E-state index is 11.6. The summed E-state index contributed by atoms with van der Waals surface area (Å²) < 4.78 is 5.86. The zero-order valence-corrected chi connectivity index (χ0v) is 9.78. The van der Waals surface area contributed by atoms with E-state index in [1.165, 1.54) is 0 Å². The summed E-state index contributed by atoms with van der Waals surface area (Å²) in [5, 5.41) is 0. The van der Waals surface area contributed by atoms with Crippen LogP contribution in [0.2, 0.25) is 0 Å².